The molecule has 1 aromatic heterocycles. The van der Waals surface area contributed by atoms with E-state index in [0.717, 1.165) is 57.6 Å². The number of hydrogen-bond acceptors (Lipinski definition) is 5. The first-order chi connectivity index (χ1) is 16.2. The molecule has 1 heterocycles. The molecule has 3 N–H and O–H groups in total. The molecule has 2 fully saturated rings. The van der Waals surface area contributed by atoms with Crippen molar-refractivity contribution in [3.05, 3.63) is 6.20 Å². The van der Waals surface area contributed by atoms with Crippen LogP contribution in [-0.4, -0.2) is 71.8 Å². The first-order valence-electron chi connectivity index (χ1n) is 12.7. The van der Waals surface area contributed by atoms with Crippen molar-refractivity contribution in [2.45, 2.75) is 95.7 Å². The Morgan fingerprint density at radius 3 is 2.26 bits per heavy atom. The molecule has 3 rings (SSSR count). The number of nitrogens with zero attached hydrogens (tertiary/aromatic N) is 3. The monoisotopic (exact) mass is 496 g/mol. The van der Waals surface area contributed by atoms with Gasteiger partial charge in [0.15, 0.2) is 5.03 Å². The van der Waals surface area contributed by atoms with Gasteiger partial charge in [0.1, 0.15) is 0 Å². The Bertz CT molecular complexity index is 916. The standard InChI is InChI=1S/C23H40N6O4S/c1-4-28(5-2)21(30)16-25-34(32,33)20-15-24-22(26-20)27-23(31)29(18-9-7-6-8-10-18)19-13-11-17(3)12-14-19/h15,17-19,25H,4-14,16H2,1-3H3,(H2,24,26,27,31). The largest absolute Gasteiger partial charge is 0.342 e. The molecule has 2 saturated carbocycles. The van der Waals surface area contributed by atoms with Gasteiger partial charge in [0, 0.05) is 25.2 Å². The molecule has 0 aromatic carbocycles. The van der Waals surface area contributed by atoms with E-state index in [9.17, 15) is 18.0 Å². The van der Waals surface area contributed by atoms with E-state index in [1.54, 1.807) is 4.90 Å². The Morgan fingerprint density at radius 2 is 1.65 bits per heavy atom. The minimum atomic E-state index is -3.97. The van der Waals surface area contributed by atoms with Crippen LogP contribution in [0.4, 0.5) is 10.7 Å². The smallest absolute Gasteiger partial charge is 0.324 e. The second kappa shape index (κ2) is 12.0. The van der Waals surface area contributed by atoms with Crippen LogP contribution in [0.2, 0.25) is 0 Å². The van der Waals surface area contributed by atoms with Crippen LogP contribution in [0.25, 0.3) is 0 Å². The summed E-state index contributed by atoms with van der Waals surface area (Å²) in [6, 6.07) is 0.178. The molecule has 10 nitrogen and oxygen atoms in total. The van der Waals surface area contributed by atoms with Crippen LogP contribution in [0.5, 0.6) is 0 Å². The summed E-state index contributed by atoms with van der Waals surface area (Å²) in [5.74, 6) is 0.475. The number of amides is 3. The summed E-state index contributed by atoms with van der Waals surface area (Å²) in [4.78, 5) is 35.8. The number of likely N-dealkylation sites (N-methyl/N-ethyl adjacent to an activating group) is 1. The lowest BCUT2D eigenvalue weighted by Crippen LogP contribution is -2.51. The molecule has 0 radical (unpaired) electrons. The third-order valence-corrected chi connectivity index (χ3v) is 8.49. The van der Waals surface area contributed by atoms with Crippen molar-refractivity contribution in [1.29, 1.82) is 0 Å². The van der Waals surface area contributed by atoms with E-state index < -0.39 is 10.0 Å². The lowest BCUT2D eigenvalue weighted by Gasteiger charge is -2.42. The predicted molar refractivity (Wildman–Crippen MR) is 131 cm³/mol. The number of carbonyl (C=O) groups excluding carboxylic acids is 2. The van der Waals surface area contributed by atoms with Gasteiger partial charge in [0.05, 0.1) is 12.7 Å². The summed E-state index contributed by atoms with van der Waals surface area (Å²) in [7, 11) is -3.97. The first-order valence-corrected chi connectivity index (χ1v) is 14.1. The number of anilines is 1. The second-order valence-electron chi connectivity index (χ2n) is 9.53. The number of carbonyl (C=O) groups is 2. The molecule has 0 atom stereocenters. The maximum Gasteiger partial charge on any atom is 0.324 e. The molecular formula is C23H40N6O4S. The topological polar surface area (TPSA) is 128 Å². The molecule has 192 valence electrons. The van der Waals surface area contributed by atoms with Crippen LogP contribution >= 0.6 is 0 Å². The highest BCUT2D eigenvalue weighted by Gasteiger charge is 2.34. The number of rotatable bonds is 9. The van der Waals surface area contributed by atoms with Crippen LogP contribution in [-0.2, 0) is 14.8 Å². The predicted octanol–water partition coefficient (Wildman–Crippen LogP) is 3.30. The number of H-pyrrole nitrogens is 1. The van der Waals surface area contributed by atoms with Crippen molar-refractivity contribution < 1.29 is 18.0 Å². The van der Waals surface area contributed by atoms with Gasteiger partial charge >= 0.3 is 6.03 Å². The minimum absolute atomic E-state index is 0.0884. The van der Waals surface area contributed by atoms with Crippen LogP contribution < -0.4 is 10.0 Å². The number of aromatic nitrogens is 2. The molecule has 0 aliphatic heterocycles. The van der Waals surface area contributed by atoms with Crippen molar-refractivity contribution >= 4 is 27.9 Å². The normalized spacial score (nSPS) is 21.7. The molecular weight excluding hydrogens is 456 g/mol. The summed E-state index contributed by atoms with van der Waals surface area (Å²) >= 11 is 0. The highest BCUT2D eigenvalue weighted by molar-refractivity contribution is 7.89. The van der Waals surface area contributed by atoms with Crippen molar-refractivity contribution in [1.82, 2.24) is 24.5 Å². The molecule has 2 aliphatic carbocycles. The van der Waals surface area contributed by atoms with Crippen molar-refractivity contribution in [3.8, 4) is 0 Å². The Hall–Kier alpha value is -2.14. The van der Waals surface area contributed by atoms with E-state index in [0.29, 0.717) is 19.0 Å². The molecule has 0 unspecified atom stereocenters. The van der Waals surface area contributed by atoms with Gasteiger partial charge in [-0.1, -0.05) is 26.2 Å². The summed E-state index contributed by atoms with van der Waals surface area (Å²) in [6.45, 7) is 6.62. The second-order valence-corrected chi connectivity index (χ2v) is 11.3. The molecule has 34 heavy (non-hydrogen) atoms. The lowest BCUT2D eigenvalue weighted by molar-refractivity contribution is -0.129. The number of hydrogen-bond donors (Lipinski definition) is 3. The highest BCUT2D eigenvalue weighted by atomic mass is 32.2. The van der Waals surface area contributed by atoms with Crippen molar-refractivity contribution in [2.75, 3.05) is 25.0 Å². The van der Waals surface area contributed by atoms with Crippen molar-refractivity contribution in [3.63, 3.8) is 0 Å². The van der Waals surface area contributed by atoms with Crippen LogP contribution in [0.15, 0.2) is 11.2 Å². The van der Waals surface area contributed by atoms with E-state index in [-0.39, 0.29) is 41.5 Å². The van der Waals surface area contributed by atoms with Crippen LogP contribution in [0.1, 0.15) is 78.6 Å². The average molecular weight is 497 g/mol. The lowest BCUT2D eigenvalue weighted by atomic mass is 9.84. The summed E-state index contributed by atoms with van der Waals surface area (Å²) in [5, 5.41) is 2.61. The summed E-state index contributed by atoms with van der Waals surface area (Å²) in [6.07, 6.45) is 10.8. The van der Waals surface area contributed by atoms with E-state index in [4.69, 9.17) is 0 Å². The zero-order chi connectivity index (χ0) is 24.7. The Kier molecular flexibility index (Phi) is 9.35. The summed E-state index contributed by atoms with van der Waals surface area (Å²) in [5.41, 5.74) is 0. The molecule has 11 heteroatoms. The zero-order valence-electron chi connectivity index (χ0n) is 20.7. The van der Waals surface area contributed by atoms with E-state index >= 15 is 0 Å². The number of nitrogens with one attached hydrogen (secondary N) is 3. The molecule has 3 amide bonds. The van der Waals surface area contributed by atoms with E-state index in [1.165, 1.54) is 6.42 Å². The quantitative estimate of drug-likeness (QED) is 0.483. The SMILES string of the molecule is CCN(CC)C(=O)CNS(=O)(=O)c1cnc(NC(=O)N(C2CCCCC2)C2CCC(C)CC2)[nH]1. The molecule has 0 bridgehead atoms. The van der Waals surface area contributed by atoms with Gasteiger partial charge in [-0.25, -0.2) is 22.9 Å². The van der Waals surface area contributed by atoms with Gasteiger partial charge in [-0.2, -0.15) is 0 Å². The first kappa shape index (κ1) is 26.5. The number of urea groups is 1. The van der Waals surface area contributed by atoms with Crippen molar-refractivity contribution in [2.24, 2.45) is 5.92 Å². The van der Waals surface area contributed by atoms with Gasteiger partial charge in [-0.3, -0.25) is 10.1 Å². The minimum Gasteiger partial charge on any atom is -0.342 e. The molecule has 1 aromatic rings. The molecule has 0 spiro atoms. The fourth-order valence-corrected chi connectivity index (χ4v) is 5.99. The zero-order valence-corrected chi connectivity index (χ0v) is 21.5. The molecule has 0 saturated heterocycles. The van der Waals surface area contributed by atoms with E-state index in [1.807, 2.05) is 18.7 Å². The Morgan fingerprint density at radius 1 is 1.03 bits per heavy atom. The van der Waals surface area contributed by atoms with Gasteiger partial charge in [-0.05, 0) is 58.3 Å². The highest BCUT2D eigenvalue weighted by Crippen LogP contribution is 2.32. The molecule has 2 aliphatic rings. The Balaban J connectivity index is 1.66. The number of imidazole rings is 1. The average Bonchev–Trinajstić information content (AvgIpc) is 3.30. The maximum atomic E-state index is 13.3. The fourth-order valence-electron chi connectivity index (χ4n) is 5.10. The van der Waals surface area contributed by atoms with Crippen LogP contribution in [0.3, 0.4) is 0 Å². The van der Waals surface area contributed by atoms with Gasteiger partial charge in [-0.15, -0.1) is 0 Å². The van der Waals surface area contributed by atoms with E-state index in [2.05, 4.69) is 26.9 Å². The fraction of sp³-hybridized carbons (Fsp3) is 0.783. The Labute approximate surface area is 203 Å². The number of sulfonamides is 1. The summed E-state index contributed by atoms with van der Waals surface area (Å²) < 4.78 is 27.5. The third kappa shape index (κ3) is 6.71. The van der Waals surface area contributed by atoms with Gasteiger partial charge < -0.3 is 14.8 Å². The van der Waals surface area contributed by atoms with Gasteiger partial charge in [0.25, 0.3) is 10.0 Å². The van der Waals surface area contributed by atoms with Crippen LogP contribution in [0, 0.1) is 5.92 Å². The van der Waals surface area contributed by atoms with Gasteiger partial charge in [0.2, 0.25) is 11.9 Å². The number of aromatic amines is 1. The third-order valence-electron chi connectivity index (χ3n) is 7.18. The maximum absolute atomic E-state index is 13.3.